The highest BCUT2D eigenvalue weighted by Gasteiger charge is 2.32. The van der Waals surface area contributed by atoms with Gasteiger partial charge in [0.1, 0.15) is 5.15 Å². The fourth-order valence-corrected chi connectivity index (χ4v) is 1.22. The molecule has 0 bridgehead atoms. The van der Waals surface area contributed by atoms with Crippen molar-refractivity contribution in [2.45, 2.75) is 19.7 Å². The molecule has 1 aromatic heterocycles. The van der Waals surface area contributed by atoms with Crippen molar-refractivity contribution in [3.05, 3.63) is 22.5 Å². The number of hydrogen-bond donors (Lipinski definition) is 0. The summed E-state index contributed by atoms with van der Waals surface area (Å²) in [6.45, 7) is 1.17. The Morgan fingerprint density at radius 1 is 1.38 bits per heavy atom. The van der Waals surface area contributed by atoms with Crippen LogP contribution in [0.15, 0.2) is 6.07 Å². The van der Waals surface area contributed by atoms with Crippen molar-refractivity contribution >= 4 is 11.6 Å². The maximum absolute atomic E-state index is 12.3. The second-order valence-electron chi connectivity index (χ2n) is 2.80. The standard InChI is InChI=1S/C8H5ClF5NO/c1-3-5(16-8(12,13)14)2-4(7(10)11)6(9)15-3/h2,7H,1H3. The first-order valence-corrected chi connectivity index (χ1v) is 4.29. The summed E-state index contributed by atoms with van der Waals surface area (Å²) < 4.78 is 63.8. The lowest BCUT2D eigenvalue weighted by atomic mass is 10.2. The van der Waals surface area contributed by atoms with Crippen LogP contribution in [0.2, 0.25) is 5.15 Å². The van der Waals surface area contributed by atoms with Gasteiger partial charge in [-0.25, -0.2) is 13.8 Å². The molecule has 0 fully saturated rings. The highest BCUT2D eigenvalue weighted by atomic mass is 35.5. The summed E-state index contributed by atoms with van der Waals surface area (Å²) in [5, 5.41) is -0.540. The molecule has 0 aromatic carbocycles. The van der Waals surface area contributed by atoms with Crippen LogP contribution in [0.3, 0.4) is 0 Å². The summed E-state index contributed by atoms with van der Waals surface area (Å²) in [5.74, 6) is -0.785. The van der Waals surface area contributed by atoms with E-state index >= 15 is 0 Å². The van der Waals surface area contributed by atoms with E-state index in [9.17, 15) is 22.0 Å². The van der Waals surface area contributed by atoms with Gasteiger partial charge in [0.05, 0.1) is 11.3 Å². The average molecular weight is 262 g/mol. The van der Waals surface area contributed by atoms with Crippen molar-refractivity contribution in [3.63, 3.8) is 0 Å². The predicted octanol–water partition coefficient (Wildman–Crippen LogP) is 3.88. The lowest BCUT2D eigenvalue weighted by molar-refractivity contribution is -0.275. The van der Waals surface area contributed by atoms with Crippen LogP contribution in [-0.2, 0) is 0 Å². The van der Waals surface area contributed by atoms with Gasteiger partial charge in [-0.05, 0) is 13.0 Å². The molecule has 0 aliphatic carbocycles. The third-order valence-electron chi connectivity index (χ3n) is 1.61. The topological polar surface area (TPSA) is 22.1 Å². The summed E-state index contributed by atoms with van der Waals surface area (Å²) >= 11 is 5.34. The van der Waals surface area contributed by atoms with Crippen molar-refractivity contribution in [1.29, 1.82) is 0 Å². The van der Waals surface area contributed by atoms with Gasteiger partial charge < -0.3 is 4.74 Å². The van der Waals surface area contributed by atoms with Crippen LogP contribution in [0.1, 0.15) is 17.7 Å². The fraction of sp³-hybridized carbons (Fsp3) is 0.375. The number of halogens is 6. The van der Waals surface area contributed by atoms with Gasteiger partial charge >= 0.3 is 6.36 Å². The molecule has 0 amide bonds. The number of pyridine rings is 1. The number of hydrogen-bond acceptors (Lipinski definition) is 2. The molecule has 0 N–H and O–H groups in total. The molecular weight excluding hydrogens is 257 g/mol. The smallest absolute Gasteiger partial charge is 0.404 e. The van der Waals surface area contributed by atoms with Crippen molar-refractivity contribution in [3.8, 4) is 5.75 Å². The van der Waals surface area contributed by atoms with E-state index in [2.05, 4.69) is 9.72 Å². The Morgan fingerprint density at radius 3 is 2.38 bits per heavy atom. The van der Waals surface area contributed by atoms with Crippen molar-refractivity contribution in [2.24, 2.45) is 0 Å². The Hall–Kier alpha value is -1.11. The van der Waals surface area contributed by atoms with Gasteiger partial charge in [-0.2, -0.15) is 0 Å². The SMILES string of the molecule is Cc1nc(Cl)c(C(F)F)cc1OC(F)(F)F. The van der Waals surface area contributed by atoms with Crippen molar-refractivity contribution < 1.29 is 26.7 Å². The van der Waals surface area contributed by atoms with E-state index in [4.69, 9.17) is 11.6 Å². The lowest BCUT2D eigenvalue weighted by Crippen LogP contribution is -2.18. The third-order valence-corrected chi connectivity index (χ3v) is 1.91. The normalized spacial score (nSPS) is 12.0. The Labute approximate surface area is 92.0 Å². The van der Waals surface area contributed by atoms with E-state index in [0.717, 1.165) is 0 Å². The van der Waals surface area contributed by atoms with Gasteiger partial charge in [0.25, 0.3) is 6.43 Å². The maximum atomic E-state index is 12.3. The number of ether oxygens (including phenoxy) is 1. The zero-order valence-electron chi connectivity index (χ0n) is 7.78. The van der Waals surface area contributed by atoms with Crippen LogP contribution in [-0.4, -0.2) is 11.3 Å². The molecule has 0 unspecified atom stereocenters. The molecule has 0 spiro atoms. The Bertz CT molecular complexity index is 393. The Kier molecular flexibility index (Phi) is 3.57. The van der Waals surface area contributed by atoms with Crippen LogP contribution in [0.4, 0.5) is 22.0 Å². The van der Waals surface area contributed by atoms with Gasteiger partial charge in [-0.3, -0.25) is 0 Å². The lowest BCUT2D eigenvalue weighted by Gasteiger charge is -2.12. The molecule has 90 valence electrons. The first kappa shape index (κ1) is 13.0. The molecule has 1 rings (SSSR count). The molecule has 0 aliphatic rings. The zero-order valence-corrected chi connectivity index (χ0v) is 8.53. The van der Waals surface area contributed by atoms with E-state index in [1.807, 2.05) is 0 Å². The van der Waals surface area contributed by atoms with Gasteiger partial charge in [0.15, 0.2) is 5.75 Å². The molecule has 1 aromatic rings. The van der Waals surface area contributed by atoms with E-state index in [1.165, 1.54) is 6.92 Å². The largest absolute Gasteiger partial charge is 0.573 e. The summed E-state index contributed by atoms with van der Waals surface area (Å²) in [5.41, 5.74) is -1.02. The van der Waals surface area contributed by atoms with Crippen LogP contribution < -0.4 is 4.74 Å². The molecule has 0 saturated carbocycles. The van der Waals surface area contributed by atoms with E-state index in [0.29, 0.717) is 6.07 Å². The van der Waals surface area contributed by atoms with Crippen LogP contribution >= 0.6 is 11.6 Å². The number of aromatic nitrogens is 1. The minimum atomic E-state index is -4.96. The molecule has 8 heteroatoms. The quantitative estimate of drug-likeness (QED) is 0.595. The molecule has 16 heavy (non-hydrogen) atoms. The number of rotatable bonds is 2. The van der Waals surface area contributed by atoms with Crippen LogP contribution in [0.5, 0.6) is 5.75 Å². The second-order valence-corrected chi connectivity index (χ2v) is 3.16. The van der Waals surface area contributed by atoms with Gasteiger partial charge in [0, 0.05) is 0 Å². The Balaban J connectivity index is 3.15. The highest BCUT2D eigenvalue weighted by Crippen LogP contribution is 2.33. The summed E-state index contributed by atoms with van der Waals surface area (Å²) in [6.07, 6.45) is -7.98. The summed E-state index contributed by atoms with van der Waals surface area (Å²) in [6, 6.07) is 0.531. The molecular formula is C8H5ClF5NO. The van der Waals surface area contributed by atoms with Gasteiger partial charge in [-0.15, -0.1) is 13.2 Å². The van der Waals surface area contributed by atoms with Crippen LogP contribution in [0, 0.1) is 6.92 Å². The first-order valence-electron chi connectivity index (χ1n) is 3.91. The summed E-state index contributed by atoms with van der Waals surface area (Å²) in [4.78, 5) is 3.34. The molecule has 0 atom stereocenters. The van der Waals surface area contributed by atoms with Crippen molar-refractivity contribution in [1.82, 2.24) is 4.98 Å². The monoisotopic (exact) mass is 261 g/mol. The van der Waals surface area contributed by atoms with E-state index < -0.39 is 29.3 Å². The second kappa shape index (κ2) is 4.40. The van der Waals surface area contributed by atoms with Crippen molar-refractivity contribution in [2.75, 3.05) is 0 Å². The first-order chi connectivity index (χ1) is 7.20. The number of aryl methyl sites for hydroxylation is 1. The molecule has 1 heterocycles. The predicted molar refractivity (Wildman–Crippen MR) is 45.6 cm³/mol. The Morgan fingerprint density at radius 2 is 1.94 bits per heavy atom. The average Bonchev–Trinajstić information content (AvgIpc) is 2.07. The number of alkyl halides is 5. The molecule has 0 saturated heterocycles. The van der Waals surface area contributed by atoms with Gasteiger partial charge in [-0.1, -0.05) is 11.6 Å². The molecule has 0 radical (unpaired) electrons. The summed E-state index contributed by atoms with van der Waals surface area (Å²) in [7, 11) is 0. The fourth-order valence-electron chi connectivity index (χ4n) is 0.953. The maximum Gasteiger partial charge on any atom is 0.573 e. The van der Waals surface area contributed by atoms with E-state index in [1.54, 1.807) is 0 Å². The number of nitrogens with zero attached hydrogens (tertiary/aromatic N) is 1. The highest BCUT2D eigenvalue weighted by molar-refractivity contribution is 6.30. The van der Waals surface area contributed by atoms with E-state index in [-0.39, 0.29) is 5.69 Å². The van der Waals surface area contributed by atoms with Gasteiger partial charge in [0.2, 0.25) is 0 Å². The molecule has 2 nitrogen and oxygen atoms in total. The molecule has 0 aliphatic heterocycles. The van der Waals surface area contributed by atoms with Crippen LogP contribution in [0.25, 0.3) is 0 Å². The third kappa shape index (κ3) is 3.19. The minimum Gasteiger partial charge on any atom is -0.404 e. The minimum absolute atomic E-state index is 0.216. The zero-order chi connectivity index (χ0) is 12.5.